The average molecular weight is 259 g/mol. The van der Waals surface area contributed by atoms with E-state index in [9.17, 15) is 4.79 Å². The van der Waals surface area contributed by atoms with Crippen LogP contribution < -0.4 is 0 Å². The van der Waals surface area contributed by atoms with Gasteiger partial charge < -0.3 is 5.11 Å². The summed E-state index contributed by atoms with van der Waals surface area (Å²) in [5.74, 6) is 0.624. The third-order valence-corrected chi connectivity index (χ3v) is 2.94. The van der Waals surface area contributed by atoms with Crippen molar-refractivity contribution in [3.05, 3.63) is 47.0 Å². The van der Waals surface area contributed by atoms with E-state index in [1.807, 2.05) is 6.92 Å². The van der Waals surface area contributed by atoms with Crippen LogP contribution in [0.2, 0.25) is 0 Å². The number of aliphatic carboxylic acids is 1. The van der Waals surface area contributed by atoms with Gasteiger partial charge in [-0.05, 0) is 12.5 Å². The summed E-state index contributed by atoms with van der Waals surface area (Å²) in [5.41, 5.74) is 2.38. The molecule has 2 aromatic rings. The predicted molar refractivity (Wildman–Crippen MR) is 70.9 cm³/mol. The lowest BCUT2D eigenvalue weighted by atomic mass is 10.1. The normalized spacial score (nSPS) is 10.6. The standard InChI is InChI=1S/C14H17N3O2/c1-10-3-5-11(6-4-10)9-12-15-13(17(2)16-12)7-8-14(18)19/h3-6H,7-9H2,1-2H3,(H,18,19). The maximum atomic E-state index is 10.6. The SMILES string of the molecule is Cc1ccc(Cc2nc(CCC(=O)O)n(C)n2)cc1. The molecule has 0 bridgehead atoms. The molecular formula is C14H17N3O2. The fourth-order valence-corrected chi connectivity index (χ4v) is 1.87. The lowest BCUT2D eigenvalue weighted by molar-refractivity contribution is -0.137. The Morgan fingerprint density at radius 3 is 2.63 bits per heavy atom. The molecule has 0 fully saturated rings. The first-order valence-corrected chi connectivity index (χ1v) is 6.20. The number of carboxylic acids is 1. The van der Waals surface area contributed by atoms with E-state index < -0.39 is 5.97 Å². The van der Waals surface area contributed by atoms with E-state index in [0.717, 1.165) is 11.4 Å². The molecule has 1 aromatic heterocycles. The average Bonchev–Trinajstić information content (AvgIpc) is 2.70. The number of rotatable bonds is 5. The van der Waals surface area contributed by atoms with Gasteiger partial charge in [0.05, 0.1) is 6.42 Å². The second-order valence-corrected chi connectivity index (χ2v) is 4.62. The highest BCUT2D eigenvalue weighted by Crippen LogP contribution is 2.09. The van der Waals surface area contributed by atoms with Gasteiger partial charge in [0.25, 0.3) is 0 Å². The summed E-state index contributed by atoms with van der Waals surface area (Å²) in [6.07, 6.45) is 1.16. The molecule has 0 aliphatic carbocycles. The smallest absolute Gasteiger partial charge is 0.303 e. The lowest BCUT2D eigenvalue weighted by Crippen LogP contribution is -2.03. The first-order valence-electron chi connectivity index (χ1n) is 6.20. The topological polar surface area (TPSA) is 68.0 Å². The molecule has 5 heteroatoms. The van der Waals surface area contributed by atoms with Crippen molar-refractivity contribution in [2.24, 2.45) is 7.05 Å². The Morgan fingerprint density at radius 2 is 2.00 bits per heavy atom. The van der Waals surface area contributed by atoms with E-state index in [-0.39, 0.29) is 6.42 Å². The zero-order valence-electron chi connectivity index (χ0n) is 11.1. The maximum absolute atomic E-state index is 10.6. The van der Waals surface area contributed by atoms with Crippen LogP contribution in [0.1, 0.15) is 29.2 Å². The Hall–Kier alpha value is -2.17. The number of aromatic nitrogens is 3. The highest BCUT2D eigenvalue weighted by Gasteiger charge is 2.09. The number of hydrogen-bond donors (Lipinski definition) is 1. The summed E-state index contributed by atoms with van der Waals surface area (Å²) in [6.45, 7) is 2.05. The van der Waals surface area contributed by atoms with Gasteiger partial charge in [-0.2, -0.15) is 5.10 Å². The maximum Gasteiger partial charge on any atom is 0.303 e. The van der Waals surface area contributed by atoms with E-state index >= 15 is 0 Å². The van der Waals surface area contributed by atoms with Gasteiger partial charge in [0.2, 0.25) is 0 Å². The van der Waals surface area contributed by atoms with Crippen molar-refractivity contribution in [2.45, 2.75) is 26.2 Å². The first-order chi connectivity index (χ1) is 9.04. The molecule has 100 valence electrons. The van der Waals surface area contributed by atoms with Crippen molar-refractivity contribution in [3.8, 4) is 0 Å². The molecule has 0 unspecified atom stereocenters. The number of aryl methyl sites for hydroxylation is 3. The second kappa shape index (κ2) is 5.65. The molecule has 1 aromatic carbocycles. The van der Waals surface area contributed by atoms with Crippen LogP contribution in [-0.2, 0) is 24.7 Å². The summed E-state index contributed by atoms with van der Waals surface area (Å²) in [4.78, 5) is 14.9. The predicted octanol–water partition coefficient (Wildman–Crippen LogP) is 1.73. The Labute approximate surface area is 111 Å². The number of carboxylic acid groups (broad SMARTS) is 1. The number of hydrogen-bond acceptors (Lipinski definition) is 3. The van der Waals surface area contributed by atoms with E-state index in [1.165, 1.54) is 5.56 Å². The summed E-state index contributed by atoms with van der Waals surface area (Å²) < 4.78 is 1.66. The van der Waals surface area contributed by atoms with E-state index in [0.29, 0.717) is 18.7 Å². The minimum Gasteiger partial charge on any atom is -0.481 e. The zero-order valence-corrected chi connectivity index (χ0v) is 11.1. The van der Waals surface area contributed by atoms with Gasteiger partial charge in [-0.1, -0.05) is 29.8 Å². The van der Waals surface area contributed by atoms with E-state index in [4.69, 9.17) is 5.11 Å². The fraction of sp³-hybridized carbons (Fsp3) is 0.357. The third-order valence-electron chi connectivity index (χ3n) is 2.94. The number of nitrogens with zero attached hydrogens (tertiary/aromatic N) is 3. The van der Waals surface area contributed by atoms with Crippen molar-refractivity contribution in [1.29, 1.82) is 0 Å². The van der Waals surface area contributed by atoms with Crippen molar-refractivity contribution >= 4 is 5.97 Å². The van der Waals surface area contributed by atoms with Crippen LogP contribution in [0, 0.1) is 6.92 Å². The summed E-state index contributed by atoms with van der Waals surface area (Å²) in [6, 6.07) is 8.23. The molecule has 0 aliphatic heterocycles. The highest BCUT2D eigenvalue weighted by molar-refractivity contribution is 5.66. The number of carbonyl (C=O) groups is 1. The van der Waals surface area contributed by atoms with Crippen LogP contribution in [0.3, 0.4) is 0 Å². The molecule has 0 radical (unpaired) electrons. The Balaban J connectivity index is 2.07. The minimum absolute atomic E-state index is 0.0799. The molecule has 2 rings (SSSR count). The highest BCUT2D eigenvalue weighted by atomic mass is 16.4. The van der Waals surface area contributed by atoms with Gasteiger partial charge in [0.15, 0.2) is 5.82 Å². The van der Waals surface area contributed by atoms with Gasteiger partial charge >= 0.3 is 5.97 Å². The fourth-order valence-electron chi connectivity index (χ4n) is 1.87. The molecule has 0 spiro atoms. The second-order valence-electron chi connectivity index (χ2n) is 4.62. The van der Waals surface area contributed by atoms with Crippen molar-refractivity contribution in [2.75, 3.05) is 0 Å². The first kappa shape index (κ1) is 13.3. The largest absolute Gasteiger partial charge is 0.481 e. The summed E-state index contributed by atoms with van der Waals surface area (Å²) in [5, 5.41) is 13.0. The van der Waals surface area contributed by atoms with Crippen LogP contribution >= 0.6 is 0 Å². The monoisotopic (exact) mass is 259 g/mol. The number of benzene rings is 1. The molecular weight excluding hydrogens is 242 g/mol. The molecule has 0 saturated heterocycles. The van der Waals surface area contributed by atoms with Gasteiger partial charge in [-0.25, -0.2) is 4.98 Å². The van der Waals surface area contributed by atoms with Gasteiger partial charge in [0.1, 0.15) is 5.82 Å². The van der Waals surface area contributed by atoms with Crippen molar-refractivity contribution < 1.29 is 9.90 Å². The van der Waals surface area contributed by atoms with Crippen molar-refractivity contribution in [3.63, 3.8) is 0 Å². The molecule has 19 heavy (non-hydrogen) atoms. The zero-order chi connectivity index (χ0) is 13.8. The molecule has 0 atom stereocenters. The van der Waals surface area contributed by atoms with Crippen molar-refractivity contribution in [1.82, 2.24) is 14.8 Å². The summed E-state index contributed by atoms with van der Waals surface area (Å²) >= 11 is 0. The Morgan fingerprint density at radius 1 is 1.32 bits per heavy atom. The van der Waals surface area contributed by atoms with Gasteiger partial charge in [0, 0.05) is 19.9 Å². The van der Waals surface area contributed by atoms with Crippen LogP contribution in [0.5, 0.6) is 0 Å². The van der Waals surface area contributed by atoms with Crippen LogP contribution in [0.15, 0.2) is 24.3 Å². The quantitative estimate of drug-likeness (QED) is 0.888. The lowest BCUT2D eigenvalue weighted by Gasteiger charge is -1.97. The molecule has 1 heterocycles. The van der Waals surface area contributed by atoms with Crippen LogP contribution in [0.25, 0.3) is 0 Å². The van der Waals surface area contributed by atoms with Gasteiger partial charge in [-0.15, -0.1) is 0 Å². The van der Waals surface area contributed by atoms with Gasteiger partial charge in [-0.3, -0.25) is 9.48 Å². The van der Waals surface area contributed by atoms with E-state index in [1.54, 1.807) is 11.7 Å². The summed E-state index contributed by atoms with van der Waals surface area (Å²) in [7, 11) is 1.79. The van der Waals surface area contributed by atoms with Crippen LogP contribution in [0.4, 0.5) is 0 Å². The Bertz CT molecular complexity index is 573. The minimum atomic E-state index is -0.817. The van der Waals surface area contributed by atoms with E-state index in [2.05, 4.69) is 34.3 Å². The molecule has 0 saturated carbocycles. The molecule has 0 amide bonds. The molecule has 0 aliphatic rings. The Kier molecular flexibility index (Phi) is 3.94. The third kappa shape index (κ3) is 3.64. The molecule has 1 N–H and O–H groups in total. The van der Waals surface area contributed by atoms with Crippen LogP contribution in [-0.4, -0.2) is 25.8 Å². The molecule has 5 nitrogen and oxygen atoms in total.